The zero-order valence-electron chi connectivity index (χ0n) is 23.1. The number of ether oxygens (including phenoxy) is 6. The Hall–Kier alpha value is -5.06. The maximum atomic E-state index is 12.3. The quantitative estimate of drug-likeness (QED) is 0.149. The molecule has 1 aromatic heterocycles. The lowest BCUT2D eigenvalue weighted by Crippen LogP contribution is -2.09. The number of nitrogens with zero attached hydrogens (tertiary/aromatic N) is 2. The molecule has 0 amide bonds. The van der Waals surface area contributed by atoms with Crippen LogP contribution in [-0.2, 0) is 18.9 Å². The van der Waals surface area contributed by atoms with Crippen molar-refractivity contribution < 1.29 is 38.0 Å². The number of hydrogen-bond donors (Lipinski definition) is 0. The summed E-state index contributed by atoms with van der Waals surface area (Å²) in [5.41, 5.74) is 1.68. The molecule has 10 nitrogen and oxygen atoms in total. The Kier molecular flexibility index (Phi) is 7.06. The maximum Gasteiger partial charge on any atom is 0.338 e. The molecule has 2 aliphatic rings. The molecule has 216 valence electrons. The minimum Gasteiger partial charge on any atom is -0.459 e. The van der Waals surface area contributed by atoms with E-state index in [1.54, 1.807) is 36.5 Å². The highest BCUT2D eigenvalue weighted by Gasteiger charge is 2.25. The molecule has 2 unspecified atom stereocenters. The molecule has 0 bridgehead atoms. The molecule has 3 heterocycles. The fourth-order valence-electron chi connectivity index (χ4n) is 4.44. The van der Waals surface area contributed by atoms with Crippen molar-refractivity contribution in [1.29, 1.82) is 0 Å². The van der Waals surface area contributed by atoms with E-state index in [-0.39, 0.29) is 43.4 Å². The van der Waals surface area contributed by atoms with E-state index < -0.39 is 0 Å². The number of epoxide rings is 2. The highest BCUT2D eigenvalue weighted by Crippen LogP contribution is 2.30. The molecule has 0 N–H and O–H groups in total. The summed E-state index contributed by atoms with van der Waals surface area (Å²) in [6.07, 6.45) is 1.68. The van der Waals surface area contributed by atoms with Gasteiger partial charge in [0.2, 0.25) is 5.88 Å². The van der Waals surface area contributed by atoms with Crippen LogP contribution < -0.4 is 9.47 Å². The van der Waals surface area contributed by atoms with Crippen LogP contribution in [0.25, 0.3) is 21.5 Å². The average Bonchev–Trinajstić information content (AvgIpc) is 3.96. The molecule has 2 fully saturated rings. The molecular weight excluding hydrogens is 552 g/mol. The van der Waals surface area contributed by atoms with Gasteiger partial charge in [-0.1, -0.05) is 24.3 Å². The SMILES string of the molecule is Cc1cnc(Oc2ccc3cc(C(=O)OCC4CO4)ccc3c2)nc1Oc1ccc2cc(C(=O)OCC3CO3)ccc2c1. The van der Waals surface area contributed by atoms with E-state index in [1.807, 2.05) is 49.4 Å². The van der Waals surface area contributed by atoms with Gasteiger partial charge in [-0.15, -0.1) is 0 Å². The monoisotopic (exact) mass is 578 g/mol. The lowest BCUT2D eigenvalue weighted by Gasteiger charge is -2.11. The van der Waals surface area contributed by atoms with E-state index in [9.17, 15) is 9.59 Å². The third-order valence-corrected chi connectivity index (χ3v) is 7.03. The highest BCUT2D eigenvalue weighted by molar-refractivity contribution is 5.96. The Labute approximate surface area is 246 Å². The molecule has 43 heavy (non-hydrogen) atoms. The molecule has 2 atom stereocenters. The molecule has 2 saturated heterocycles. The molecular formula is C33H26N2O8. The molecule has 0 aliphatic carbocycles. The zero-order chi connectivity index (χ0) is 29.3. The lowest BCUT2D eigenvalue weighted by molar-refractivity contribution is 0.0469. The lowest BCUT2D eigenvalue weighted by atomic mass is 10.1. The second kappa shape index (κ2) is 11.3. The fraction of sp³-hybridized carbons (Fsp3) is 0.212. The number of carbonyl (C=O) groups excluding carboxylic acids is 2. The molecule has 0 spiro atoms. The number of rotatable bonds is 10. The van der Waals surface area contributed by atoms with Crippen LogP contribution in [0.1, 0.15) is 26.3 Å². The van der Waals surface area contributed by atoms with E-state index >= 15 is 0 Å². The van der Waals surface area contributed by atoms with Crippen molar-refractivity contribution >= 4 is 33.5 Å². The van der Waals surface area contributed by atoms with Crippen LogP contribution in [-0.4, -0.2) is 60.5 Å². The van der Waals surface area contributed by atoms with Crippen molar-refractivity contribution in [2.24, 2.45) is 0 Å². The number of fused-ring (bicyclic) bond motifs is 2. The van der Waals surface area contributed by atoms with Gasteiger partial charge in [-0.2, -0.15) is 4.98 Å². The van der Waals surface area contributed by atoms with Gasteiger partial charge < -0.3 is 28.4 Å². The summed E-state index contributed by atoms with van der Waals surface area (Å²) in [6, 6.07) is 21.9. The summed E-state index contributed by atoms with van der Waals surface area (Å²) >= 11 is 0. The Morgan fingerprint density at radius 2 is 1.21 bits per heavy atom. The third kappa shape index (κ3) is 6.40. The van der Waals surface area contributed by atoms with Gasteiger partial charge in [0, 0.05) is 11.8 Å². The van der Waals surface area contributed by atoms with Crippen LogP contribution in [0, 0.1) is 6.92 Å². The van der Waals surface area contributed by atoms with Crippen molar-refractivity contribution in [3.8, 4) is 23.4 Å². The second-order valence-corrected chi connectivity index (χ2v) is 10.4. The van der Waals surface area contributed by atoms with E-state index in [2.05, 4.69) is 9.97 Å². The molecule has 0 radical (unpaired) electrons. The maximum absolute atomic E-state index is 12.3. The Bertz CT molecular complexity index is 1870. The van der Waals surface area contributed by atoms with Crippen molar-refractivity contribution in [3.05, 3.63) is 95.7 Å². The molecule has 4 aromatic carbocycles. The van der Waals surface area contributed by atoms with Crippen LogP contribution in [0.5, 0.6) is 23.4 Å². The Morgan fingerprint density at radius 3 is 1.74 bits per heavy atom. The summed E-state index contributed by atoms with van der Waals surface area (Å²) in [7, 11) is 0. The molecule has 0 saturated carbocycles. The predicted octanol–water partition coefficient (Wildman–Crippen LogP) is 5.79. The summed E-state index contributed by atoms with van der Waals surface area (Å²) in [5.74, 6) is 0.707. The van der Waals surface area contributed by atoms with E-state index in [0.717, 1.165) is 27.1 Å². The van der Waals surface area contributed by atoms with Gasteiger partial charge in [-0.3, -0.25) is 0 Å². The Balaban J connectivity index is 1.03. The molecule has 2 aliphatic heterocycles. The summed E-state index contributed by atoms with van der Waals surface area (Å²) in [5, 5.41) is 3.52. The topological polar surface area (TPSA) is 122 Å². The smallest absolute Gasteiger partial charge is 0.338 e. The summed E-state index contributed by atoms with van der Waals surface area (Å²) in [4.78, 5) is 33.4. The van der Waals surface area contributed by atoms with Gasteiger partial charge in [0.25, 0.3) is 0 Å². The first-order valence-corrected chi connectivity index (χ1v) is 13.8. The first-order chi connectivity index (χ1) is 21.0. The van der Waals surface area contributed by atoms with Crippen LogP contribution in [0.2, 0.25) is 0 Å². The van der Waals surface area contributed by atoms with E-state index in [4.69, 9.17) is 28.4 Å². The largest absolute Gasteiger partial charge is 0.459 e. The highest BCUT2D eigenvalue weighted by atomic mass is 16.6. The van der Waals surface area contributed by atoms with Crippen molar-refractivity contribution in [2.45, 2.75) is 19.1 Å². The molecule has 5 aromatic rings. The van der Waals surface area contributed by atoms with Crippen LogP contribution in [0.15, 0.2) is 79.0 Å². The van der Waals surface area contributed by atoms with Gasteiger partial charge >= 0.3 is 17.9 Å². The first kappa shape index (κ1) is 26.8. The molecule has 7 rings (SSSR count). The van der Waals surface area contributed by atoms with Gasteiger partial charge in [0.1, 0.15) is 36.9 Å². The fourth-order valence-corrected chi connectivity index (χ4v) is 4.44. The number of carbonyl (C=O) groups is 2. The van der Waals surface area contributed by atoms with Gasteiger partial charge in [0.05, 0.1) is 24.3 Å². The zero-order valence-corrected chi connectivity index (χ0v) is 23.1. The number of benzene rings is 4. The third-order valence-electron chi connectivity index (χ3n) is 7.03. The standard InChI is InChI=1S/C33H26N2O8/c1-19-14-34-33(43-27-9-7-21-11-25(5-3-23(21)13-27)32(37)41-18-29-16-39-29)35-30(19)42-26-8-6-20-10-24(4-2-22(20)12-26)31(36)40-17-28-15-38-28/h2-14,28-29H,15-18H2,1H3. The number of aryl methyl sites for hydroxylation is 1. The van der Waals surface area contributed by atoms with Crippen LogP contribution >= 0.6 is 0 Å². The van der Waals surface area contributed by atoms with E-state index in [1.165, 1.54) is 0 Å². The minimum absolute atomic E-state index is 0.0200. The average molecular weight is 579 g/mol. The second-order valence-electron chi connectivity index (χ2n) is 10.4. The van der Waals surface area contributed by atoms with Crippen molar-refractivity contribution in [3.63, 3.8) is 0 Å². The van der Waals surface area contributed by atoms with Gasteiger partial charge in [-0.05, 0) is 77.0 Å². The van der Waals surface area contributed by atoms with Crippen molar-refractivity contribution in [2.75, 3.05) is 26.4 Å². The Morgan fingerprint density at radius 1 is 0.721 bits per heavy atom. The predicted molar refractivity (Wildman–Crippen MR) is 155 cm³/mol. The number of hydrogen-bond acceptors (Lipinski definition) is 10. The number of aromatic nitrogens is 2. The van der Waals surface area contributed by atoms with Crippen LogP contribution in [0.3, 0.4) is 0 Å². The normalized spacial score (nSPS) is 17.0. The van der Waals surface area contributed by atoms with Crippen molar-refractivity contribution in [1.82, 2.24) is 9.97 Å². The number of esters is 2. The van der Waals surface area contributed by atoms with Crippen LogP contribution in [0.4, 0.5) is 0 Å². The van der Waals surface area contributed by atoms with Gasteiger partial charge in [-0.25, -0.2) is 14.6 Å². The minimum atomic E-state index is -0.380. The summed E-state index contributed by atoms with van der Waals surface area (Å²) in [6.45, 7) is 3.65. The first-order valence-electron chi connectivity index (χ1n) is 13.8. The van der Waals surface area contributed by atoms with E-state index in [0.29, 0.717) is 41.7 Å². The van der Waals surface area contributed by atoms with Gasteiger partial charge in [0.15, 0.2) is 0 Å². The molecule has 10 heteroatoms. The summed E-state index contributed by atoms with van der Waals surface area (Å²) < 4.78 is 32.8.